The predicted octanol–water partition coefficient (Wildman–Crippen LogP) is 0.732. The Morgan fingerprint density at radius 3 is 1.40 bits per heavy atom. The van der Waals surface area contributed by atoms with Gasteiger partial charge in [0.2, 0.25) is 11.8 Å². The SMILES string of the molecule is CO[C@@H]1O[C@H](COCc2ccccc2)[C@@H](O[C@@H]2O[C@@H](C)[C@H](OC(C)=O)[C@@H](OC(C)=O)[C@H]2OC(C)=O)[C@H](O[C@@H]2O[C@H](COC(C)=O)[C@H](OC(C)=O)[C@H](OC(C)=O)[C@H]2OC(C)=O)[C@H]1N(C(C)=O)C(C)=O. The molecule has 1 aromatic carbocycles. The molecule has 15 atom stereocenters. The van der Waals surface area contributed by atoms with Gasteiger partial charge in [-0.1, -0.05) is 30.3 Å². The summed E-state index contributed by atoms with van der Waals surface area (Å²) in [5, 5.41) is 0. The third kappa shape index (κ3) is 14.9. The van der Waals surface area contributed by atoms with Crippen molar-refractivity contribution >= 4 is 53.6 Å². The monoisotopic (exact) mass is 969 g/mol. The lowest BCUT2D eigenvalue weighted by atomic mass is 9.93. The lowest BCUT2D eigenvalue weighted by Gasteiger charge is -2.52. The maximum atomic E-state index is 13.6. The van der Waals surface area contributed by atoms with Gasteiger partial charge in [-0.2, -0.15) is 0 Å². The molecule has 0 spiro atoms. The van der Waals surface area contributed by atoms with Gasteiger partial charge < -0.3 is 66.3 Å². The van der Waals surface area contributed by atoms with Gasteiger partial charge in [0.05, 0.1) is 19.3 Å². The Morgan fingerprint density at radius 2 is 0.912 bits per heavy atom. The van der Waals surface area contributed by atoms with Crippen LogP contribution in [0.5, 0.6) is 0 Å². The molecule has 4 rings (SSSR count). The van der Waals surface area contributed by atoms with Crippen molar-refractivity contribution in [1.82, 2.24) is 4.90 Å². The van der Waals surface area contributed by atoms with Crippen LogP contribution in [0.3, 0.4) is 0 Å². The summed E-state index contributed by atoms with van der Waals surface area (Å²) in [5.41, 5.74) is 0.728. The summed E-state index contributed by atoms with van der Waals surface area (Å²) in [7, 11) is 1.20. The summed E-state index contributed by atoms with van der Waals surface area (Å²) in [6.45, 7) is 9.87. The van der Waals surface area contributed by atoms with Gasteiger partial charge in [-0.3, -0.25) is 48.1 Å². The topological polar surface area (TPSA) is 286 Å². The highest BCUT2D eigenvalue weighted by Crippen LogP contribution is 2.39. The minimum absolute atomic E-state index is 0.00163. The number of carbonyl (C=O) groups excluding carboxylic acids is 9. The average Bonchev–Trinajstić information content (AvgIpc) is 3.22. The van der Waals surface area contributed by atoms with Crippen LogP contribution in [0.1, 0.15) is 74.8 Å². The Bertz CT molecular complexity index is 1950. The molecule has 3 saturated heterocycles. The van der Waals surface area contributed by atoms with Crippen LogP contribution in [0.15, 0.2) is 30.3 Å². The van der Waals surface area contributed by atoms with Crippen molar-refractivity contribution in [2.24, 2.45) is 0 Å². The summed E-state index contributed by atoms with van der Waals surface area (Å²) >= 11 is 0. The minimum atomic E-state index is -1.96. The Labute approximate surface area is 391 Å². The van der Waals surface area contributed by atoms with Crippen molar-refractivity contribution in [1.29, 1.82) is 0 Å². The van der Waals surface area contributed by atoms with Crippen LogP contribution >= 0.6 is 0 Å². The average molecular weight is 970 g/mol. The molecule has 0 N–H and O–H groups in total. The first-order chi connectivity index (χ1) is 32.0. The van der Waals surface area contributed by atoms with Crippen LogP contribution in [0.2, 0.25) is 0 Å². The molecule has 1 aromatic rings. The van der Waals surface area contributed by atoms with E-state index in [9.17, 15) is 43.2 Å². The number of hydrogen-bond acceptors (Lipinski definition) is 23. The summed E-state index contributed by atoms with van der Waals surface area (Å²) < 4.78 is 83.1. The van der Waals surface area contributed by atoms with Crippen molar-refractivity contribution in [3.8, 4) is 0 Å². The Hall–Kier alpha value is -5.63. The van der Waals surface area contributed by atoms with Crippen LogP contribution < -0.4 is 0 Å². The quantitative estimate of drug-likeness (QED) is 0.145. The zero-order chi connectivity index (χ0) is 50.6. The first kappa shape index (κ1) is 55.0. The Balaban J connectivity index is 2.00. The standard InChI is InChI=1S/C44H59NO23/c1-20-34(59-24(5)49)38(61-26(7)51)40(63-28(9)53)43(58-20)67-35-31(18-56-17-30-15-13-12-14-16-30)65-42(55-11)33(45(21(2)46)22(3)47)37(35)68-44-41(64-29(10)54)39(62-27(8)52)36(60-25(6)50)32(66-44)19-57-23(4)48/h12-16,20,31-44H,17-19H2,1-11H3/t20-,31+,32+,33+,34-,35+,36-,37+,38+,39-,40+,41+,42+,43-,44-/m0/s1. The minimum Gasteiger partial charge on any atom is -0.463 e. The van der Waals surface area contributed by atoms with E-state index in [0.29, 0.717) is 0 Å². The number of nitrogens with zero attached hydrogens (tertiary/aromatic N) is 1. The van der Waals surface area contributed by atoms with E-state index in [4.69, 9.17) is 66.3 Å². The molecule has 0 radical (unpaired) electrons. The molecule has 2 amide bonds. The fourth-order valence-electron chi connectivity index (χ4n) is 8.01. The van der Waals surface area contributed by atoms with E-state index >= 15 is 0 Å². The van der Waals surface area contributed by atoms with E-state index in [0.717, 1.165) is 72.8 Å². The highest BCUT2D eigenvalue weighted by molar-refractivity contribution is 5.93. The van der Waals surface area contributed by atoms with Crippen molar-refractivity contribution in [3.63, 3.8) is 0 Å². The first-order valence-corrected chi connectivity index (χ1v) is 21.4. The summed E-state index contributed by atoms with van der Waals surface area (Å²) in [5.74, 6) is -7.98. The molecule has 0 aliphatic carbocycles. The van der Waals surface area contributed by atoms with Crippen molar-refractivity contribution in [2.45, 2.75) is 168 Å². The van der Waals surface area contributed by atoms with Crippen LogP contribution in [0.25, 0.3) is 0 Å². The summed E-state index contributed by atoms with van der Waals surface area (Å²) in [6, 6.07) is 7.25. The van der Waals surface area contributed by atoms with Gasteiger partial charge in [-0.05, 0) is 12.5 Å². The van der Waals surface area contributed by atoms with Gasteiger partial charge in [0.25, 0.3) is 0 Å². The number of rotatable bonds is 18. The molecule has 3 fully saturated rings. The van der Waals surface area contributed by atoms with Crippen molar-refractivity contribution < 1.29 is 109 Å². The number of amides is 2. The highest BCUT2D eigenvalue weighted by Gasteiger charge is 2.60. The first-order valence-electron chi connectivity index (χ1n) is 21.4. The molecule has 378 valence electrons. The predicted molar refractivity (Wildman–Crippen MR) is 221 cm³/mol. The lowest BCUT2D eigenvalue weighted by Crippen LogP contribution is -2.71. The second-order valence-electron chi connectivity index (χ2n) is 15.9. The number of hydrogen-bond donors (Lipinski definition) is 0. The summed E-state index contributed by atoms with van der Waals surface area (Å²) in [4.78, 5) is 116. The molecule has 24 nitrogen and oxygen atoms in total. The van der Waals surface area contributed by atoms with E-state index in [-0.39, 0.29) is 13.2 Å². The maximum Gasteiger partial charge on any atom is 0.303 e. The molecule has 3 aliphatic heterocycles. The number of methoxy groups -OCH3 is 1. The van der Waals surface area contributed by atoms with Crippen LogP contribution in [-0.2, 0) is 116 Å². The molecule has 0 unspecified atom stereocenters. The molecular weight excluding hydrogens is 910 g/mol. The van der Waals surface area contributed by atoms with E-state index in [1.807, 2.05) is 0 Å². The summed E-state index contributed by atoms with van der Waals surface area (Å²) in [6.07, 6.45) is -22.8. The van der Waals surface area contributed by atoms with Gasteiger partial charge in [0, 0.05) is 69.4 Å². The van der Waals surface area contributed by atoms with Gasteiger partial charge >= 0.3 is 41.8 Å². The largest absolute Gasteiger partial charge is 0.463 e. The second kappa shape index (κ2) is 25.1. The fourth-order valence-corrected chi connectivity index (χ4v) is 8.01. The van der Waals surface area contributed by atoms with Gasteiger partial charge in [-0.15, -0.1) is 0 Å². The number of ether oxygens (including phenoxy) is 14. The zero-order valence-corrected chi connectivity index (χ0v) is 39.5. The second-order valence-corrected chi connectivity index (χ2v) is 15.9. The van der Waals surface area contributed by atoms with Crippen LogP contribution in [0.4, 0.5) is 0 Å². The number of esters is 7. The van der Waals surface area contributed by atoms with Gasteiger partial charge in [0.15, 0.2) is 55.5 Å². The number of imide groups is 1. The van der Waals surface area contributed by atoms with Crippen molar-refractivity contribution in [3.05, 3.63) is 35.9 Å². The molecule has 0 bridgehead atoms. The van der Waals surface area contributed by atoms with Crippen molar-refractivity contribution in [2.75, 3.05) is 20.3 Å². The fraction of sp³-hybridized carbons (Fsp3) is 0.659. The van der Waals surface area contributed by atoms with Crippen LogP contribution in [0, 0.1) is 0 Å². The highest BCUT2D eigenvalue weighted by atomic mass is 16.8. The Kier molecular flexibility index (Phi) is 20.3. The number of carbonyl (C=O) groups is 9. The zero-order valence-electron chi connectivity index (χ0n) is 39.5. The van der Waals surface area contributed by atoms with Crippen LogP contribution in [-0.4, -0.2) is 171 Å². The molecule has 24 heteroatoms. The molecule has 0 saturated carbocycles. The third-order valence-electron chi connectivity index (χ3n) is 10.4. The van der Waals surface area contributed by atoms with Gasteiger partial charge in [-0.25, -0.2) is 0 Å². The Morgan fingerprint density at radius 1 is 0.485 bits per heavy atom. The van der Waals surface area contributed by atoms with E-state index < -0.39 is 152 Å². The van der Waals surface area contributed by atoms with E-state index in [2.05, 4.69) is 0 Å². The molecule has 68 heavy (non-hydrogen) atoms. The molecule has 3 aliphatic rings. The van der Waals surface area contributed by atoms with Gasteiger partial charge in [0.1, 0.15) is 37.1 Å². The van der Waals surface area contributed by atoms with E-state index in [1.165, 1.54) is 14.0 Å². The third-order valence-corrected chi connectivity index (χ3v) is 10.4. The van der Waals surface area contributed by atoms with E-state index in [1.54, 1.807) is 30.3 Å². The maximum absolute atomic E-state index is 13.6. The smallest absolute Gasteiger partial charge is 0.303 e. The molecule has 0 aromatic heterocycles. The number of benzene rings is 1. The lowest BCUT2D eigenvalue weighted by molar-refractivity contribution is -0.377. The molecular formula is C44H59NO23. The molecule has 3 heterocycles. The normalized spacial score (nSPS) is 31.2.